The molecule has 1 aromatic heterocycles. The van der Waals surface area contributed by atoms with Crippen LogP contribution in [0.3, 0.4) is 0 Å². The Labute approximate surface area is 132 Å². The first-order valence-electron chi connectivity index (χ1n) is 6.47. The first-order valence-corrected chi connectivity index (χ1v) is 7.83. The van der Waals surface area contributed by atoms with Gasteiger partial charge in [0.2, 0.25) is 0 Å². The number of hydrogen-bond acceptors (Lipinski definition) is 4. The van der Waals surface area contributed by atoms with Crippen LogP contribution < -0.4 is 5.73 Å². The molecule has 2 aromatic rings. The fourth-order valence-corrected chi connectivity index (χ4v) is 3.09. The quantitative estimate of drug-likeness (QED) is 0.297. The molecule has 112 valence electrons. The highest BCUT2D eigenvalue weighted by Gasteiger charge is 2.18. The van der Waals surface area contributed by atoms with Crippen molar-refractivity contribution in [3.8, 4) is 5.69 Å². The van der Waals surface area contributed by atoms with Crippen molar-refractivity contribution in [1.29, 1.82) is 0 Å². The summed E-state index contributed by atoms with van der Waals surface area (Å²) in [4.78, 5) is 0.939. The van der Waals surface area contributed by atoms with Gasteiger partial charge in [0.15, 0.2) is 5.84 Å². The molecule has 0 unspecified atom stereocenters. The molecule has 7 heteroatoms. The first-order chi connectivity index (χ1) is 10.0. The van der Waals surface area contributed by atoms with Crippen molar-refractivity contribution in [3.63, 3.8) is 0 Å². The van der Waals surface area contributed by atoms with Gasteiger partial charge in [0.05, 0.1) is 27.7 Å². The Morgan fingerprint density at radius 1 is 1.48 bits per heavy atom. The summed E-state index contributed by atoms with van der Waals surface area (Å²) >= 11 is 7.84. The predicted octanol–water partition coefficient (Wildman–Crippen LogP) is 3.35. The molecular formula is C14H17ClN4OS. The van der Waals surface area contributed by atoms with Crippen molar-refractivity contribution >= 4 is 29.2 Å². The highest BCUT2D eigenvalue weighted by Crippen LogP contribution is 2.30. The summed E-state index contributed by atoms with van der Waals surface area (Å²) in [6.45, 7) is 5.78. The van der Waals surface area contributed by atoms with Gasteiger partial charge in [-0.25, -0.2) is 4.68 Å². The minimum absolute atomic E-state index is 0.0604. The lowest BCUT2D eigenvalue weighted by molar-refractivity contribution is 0.318. The highest BCUT2D eigenvalue weighted by atomic mass is 35.5. The molecule has 1 aromatic carbocycles. The number of nitrogens with zero attached hydrogens (tertiary/aromatic N) is 3. The number of aryl methyl sites for hydroxylation is 1. The maximum Gasteiger partial charge on any atom is 0.173 e. The monoisotopic (exact) mass is 324 g/mol. The van der Waals surface area contributed by atoms with E-state index in [1.165, 1.54) is 0 Å². The third kappa shape index (κ3) is 2.87. The summed E-state index contributed by atoms with van der Waals surface area (Å²) in [6, 6.07) is 5.74. The second kappa shape index (κ2) is 6.41. The van der Waals surface area contributed by atoms with E-state index >= 15 is 0 Å². The molecule has 0 aliphatic heterocycles. The molecule has 3 N–H and O–H groups in total. The Balaban J connectivity index is 2.73. The minimum Gasteiger partial charge on any atom is -0.409 e. The van der Waals surface area contributed by atoms with Crippen molar-refractivity contribution in [1.82, 2.24) is 9.78 Å². The molecule has 0 aliphatic carbocycles. The van der Waals surface area contributed by atoms with Gasteiger partial charge in [0.1, 0.15) is 0 Å². The largest absolute Gasteiger partial charge is 0.409 e. The van der Waals surface area contributed by atoms with E-state index in [4.69, 9.17) is 22.5 Å². The van der Waals surface area contributed by atoms with Crippen LogP contribution in [0.2, 0.25) is 5.02 Å². The SMILES string of the molecule is CCSc1cccc(-n2nc(C)c(Cl)c2C)c1/C(N)=N/O. The molecule has 0 fully saturated rings. The van der Waals surface area contributed by atoms with E-state index in [1.807, 2.05) is 39.0 Å². The fourth-order valence-electron chi connectivity index (χ4n) is 2.14. The molecule has 1 heterocycles. The number of nitrogens with two attached hydrogens (primary N) is 1. The van der Waals surface area contributed by atoms with E-state index < -0.39 is 0 Å². The molecule has 21 heavy (non-hydrogen) atoms. The van der Waals surface area contributed by atoms with E-state index in [2.05, 4.69) is 10.3 Å². The average Bonchev–Trinajstić information content (AvgIpc) is 2.74. The predicted molar refractivity (Wildman–Crippen MR) is 87.0 cm³/mol. The van der Waals surface area contributed by atoms with Gasteiger partial charge in [-0.15, -0.1) is 11.8 Å². The van der Waals surface area contributed by atoms with Crippen LogP contribution in [0.4, 0.5) is 0 Å². The lowest BCUT2D eigenvalue weighted by atomic mass is 10.1. The van der Waals surface area contributed by atoms with Crippen LogP contribution in [0.25, 0.3) is 5.69 Å². The Kier molecular flexibility index (Phi) is 4.80. The number of amidine groups is 1. The molecule has 0 aliphatic rings. The zero-order valence-corrected chi connectivity index (χ0v) is 13.7. The number of aromatic nitrogens is 2. The zero-order valence-electron chi connectivity index (χ0n) is 12.1. The van der Waals surface area contributed by atoms with Gasteiger partial charge in [-0.1, -0.05) is 29.7 Å². The summed E-state index contributed by atoms with van der Waals surface area (Å²) < 4.78 is 1.73. The van der Waals surface area contributed by atoms with Gasteiger partial charge in [-0.2, -0.15) is 5.10 Å². The normalized spacial score (nSPS) is 11.9. The van der Waals surface area contributed by atoms with Crippen LogP contribution in [0, 0.1) is 13.8 Å². The summed E-state index contributed by atoms with van der Waals surface area (Å²) in [7, 11) is 0. The van der Waals surface area contributed by atoms with Crippen molar-refractivity contribution in [2.45, 2.75) is 25.7 Å². The van der Waals surface area contributed by atoms with E-state index in [0.29, 0.717) is 10.6 Å². The van der Waals surface area contributed by atoms with Crippen LogP contribution in [0.15, 0.2) is 28.3 Å². The van der Waals surface area contributed by atoms with Crippen LogP contribution in [-0.2, 0) is 0 Å². The Morgan fingerprint density at radius 2 is 2.19 bits per heavy atom. The molecule has 0 amide bonds. The molecule has 0 saturated heterocycles. The summed E-state index contributed by atoms with van der Waals surface area (Å²) in [5.74, 6) is 0.942. The average molecular weight is 325 g/mol. The van der Waals surface area contributed by atoms with Crippen LogP contribution in [-0.4, -0.2) is 26.6 Å². The number of oxime groups is 1. The third-order valence-corrected chi connectivity index (χ3v) is 4.59. The van der Waals surface area contributed by atoms with Gasteiger partial charge in [-0.3, -0.25) is 0 Å². The standard InChI is InChI=1S/C14H17ClN4OS/c1-4-21-11-7-5-6-10(12(11)14(16)18-20)19-9(3)13(15)8(2)17-19/h5-7,20H,4H2,1-3H3,(H2,16,18). The Morgan fingerprint density at radius 3 is 2.71 bits per heavy atom. The van der Waals surface area contributed by atoms with Crippen LogP contribution in [0.1, 0.15) is 23.9 Å². The minimum atomic E-state index is 0.0604. The number of hydrogen-bond donors (Lipinski definition) is 2. The lowest BCUT2D eigenvalue weighted by Gasteiger charge is -2.14. The van der Waals surface area contributed by atoms with Crippen molar-refractivity contribution < 1.29 is 5.21 Å². The van der Waals surface area contributed by atoms with Gasteiger partial charge >= 0.3 is 0 Å². The number of halogens is 1. The molecule has 0 bridgehead atoms. The maximum absolute atomic E-state index is 9.08. The lowest BCUT2D eigenvalue weighted by Crippen LogP contribution is -2.18. The topological polar surface area (TPSA) is 76.4 Å². The molecule has 0 saturated carbocycles. The van der Waals surface area contributed by atoms with E-state index in [9.17, 15) is 0 Å². The third-order valence-electron chi connectivity index (χ3n) is 3.10. The van der Waals surface area contributed by atoms with Gasteiger partial charge in [-0.05, 0) is 31.7 Å². The second-order valence-corrected chi connectivity index (χ2v) is 6.15. The van der Waals surface area contributed by atoms with Gasteiger partial charge in [0.25, 0.3) is 0 Å². The van der Waals surface area contributed by atoms with Crippen LogP contribution in [0.5, 0.6) is 0 Å². The second-order valence-electron chi connectivity index (χ2n) is 4.47. The highest BCUT2D eigenvalue weighted by molar-refractivity contribution is 7.99. The molecule has 5 nitrogen and oxygen atoms in total. The molecule has 0 spiro atoms. The summed E-state index contributed by atoms with van der Waals surface area (Å²) in [5.41, 5.74) is 8.84. The summed E-state index contributed by atoms with van der Waals surface area (Å²) in [6.07, 6.45) is 0. The molecule has 2 rings (SSSR count). The summed E-state index contributed by atoms with van der Waals surface area (Å²) in [5, 5.41) is 17.3. The first kappa shape index (κ1) is 15.7. The van der Waals surface area contributed by atoms with Crippen molar-refractivity contribution in [2.75, 3.05) is 5.75 Å². The van der Waals surface area contributed by atoms with Crippen molar-refractivity contribution in [3.05, 3.63) is 40.2 Å². The molecule has 0 atom stereocenters. The van der Waals surface area contributed by atoms with Gasteiger partial charge < -0.3 is 10.9 Å². The van der Waals surface area contributed by atoms with Gasteiger partial charge in [0, 0.05) is 4.90 Å². The van der Waals surface area contributed by atoms with E-state index in [0.717, 1.165) is 27.7 Å². The smallest absolute Gasteiger partial charge is 0.173 e. The van der Waals surface area contributed by atoms with Crippen LogP contribution >= 0.6 is 23.4 Å². The maximum atomic E-state index is 9.08. The fraction of sp³-hybridized carbons (Fsp3) is 0.286. The van der Waals surface area contributed by atoms with Crippen molar-refractivity contribution in [2.24, 2.45) is 10.9 Å². The van der Waals surface area contributed by atoms with E-state index in [1.54, 1.807) is 16.4 Å². The van der Waals surface area contributed by atoms with E-state index in [-0.39, 0.29) is 5.84 Å². The molecule has 0 radical (unpaired) electrons. The number of benzene rings is 1. The molecular weight excluding hydrogens is 308 g/mol. The Bertz CT molecular complexity index is 697. The zero-order chi connectivity index (χ0) is 15.6. The number of thioether (sulfide) groups is 1. The Hall–Kier alpha value is -1.66. The number of rotatable bonds is 4.